The maximum atomic E-state index is 9.87. The largest absolute Gasteiger partial charge is 0.390 e. The lowest BCUT2D eigenvalue weighted by Crippen LogP contribution is -2.43. The highest BCUT2D eigenvalue weighted by molar-refractivity contribution is 5.16. The monoisotopic (exact) mass is 234 g/mol. The summed E-state index contributed by atoms with van der Waals surface area (Å²) >= 11 is 0. The summed E-state index contributed by atoms with van der Waals surface area (Å²) in [6, 6.07) is 9.76. The zero-order chi connectivity index (χ0) is 12.5. The second-order valence-corrected chi connectivity index (χ2v) is 4.20. The van der Waals surface area contributed by atoms with E-state index < -0.39 is 6.10 Å². The molecular weight excluding hydrogens is 212 g/mol. The van der Waals surface area contributed by atoms with Gasteiger partial charge in [0.05, 0.1) is 6.10 Å². The third kappa shape index (κ3) is 5.63. The lowest BCUT2D eigenvalue weighted by atomic mass is 10.0. The van der Waals surface area contributed by atoms with Crippen LogP contribution in [0.3, 0.4) is 0 Å². The molecule has 0 saturated carbocycles. The first-order valence-electron chi connectivity index (χ1n) is 6.03. The molecule has 0 unspecified atom stereocenters. The van der Waals surface area contributed by atoms with Crippen LogP contribution in [0.25, 0.3) is 0 Å². The molecule has 0 saturated heterocycles. The molecule has 0 aliphatic carbocycles. The minimum absolute atomic E-state index is 0.228. The van der Waals surface area contributed by atoms with Crippen molar-refractivity contribution in [2.24, 2.45) is 5.73 Å². The van der Waals surface area contributed by atoms with E-state index in [4.69, 9.17) is 5.73 Å². The van der Waals surface area contributed by atoms with Crippen molar-refractivity contribution in [3.63, 3.8) is 0 Å². The molecule has 0 spiro atoms. The van der Waals surface area contributed by atoms with Crippen LogP contribution in [0, 0.1) is 0 Å². The van der Waals surface area contributed by atoms with Gasteiger partial charge in [0, 0.05) is 12.6 Å². The van der Waals surface area contributed by atoms with E-state index in [2.05, 4.69) is 11.9 Å². The number of aliphatic hydroxyl groups excluding tert-OH is 1. The van der Waals surface area contributed by atoms with Gasteiger partial charge in [-0.2, -0.15) is 0 Å². The van der Waals surface area contributed by atoms with Crippen LogP contribution in [0.4, 0.5) is 0 Å². The molecule has 0 aliphatic rings. The van der Waals surface area contributed by atoms with Crippen molar-refractivity contribution in [2.45, 2.75) is 25.0 Å². The van der Waals surface area contributed by atoms with Gasteiger partial charge in [-0.05, 0) is 24.9 Å². The SMILES string of the molecule is C=CCCNC[C@@H](O)[C@@H](N)Cc1ccccc1. The molecule has 4 N–H and O–H groups in total. The predicted octanol–water partition coefficient (Wildman–Crippen LogP) is 1.08. The van der Waals surface area contributed by atoms with E-state index in [0.717, 1.165) is 18.5 Å². The second-order valence-electron chi connectivity index (χ2n) is 4.20. The van der Waals surface area contributed by atoms with E-state index in [0.29, 0.717) is 13.0 Å². The van der Waals surface area contributed by atoms with Crippen LogP contribution in [0.2, 0.25) is 0 Å². The Hall–Kier alpha value is -1.16. The second kappa shape index (κ2) is 8.01. The summed E-state index contributed by atoms with van der Waals surface area (Å²) in [6.45, 7) is 5.00. The standard InChI is InChI=1S/C14H22N2O/c1-2-3-9-16-11-14(17)13(15)10-12-7-5-4-6-8-12/h2,4-8,13-14,16-17H,1,3,9-11,15H2/t13-,14+/m0/s1. The lowest BCUT2D eigenvalue weighted by molar-refractivity contribution is 0.142. The van der Waals surface area contributed by atoms with E-state index in [1.807, 2.05) is 36.4 Å². The summed E-state index contributed by atoms with van der Waals surface area (Å²) in [4.78, 5) is 0. The molecular formula is C14H22N2O. The maximum absolute atomic E-state index is 9.87. The Kier molecular flexibility index (Phi) is 6.55. The molecule has 1 aromatic carbocycles. The van der Waals surface area contributed by atoms with Crippen LogP contribution in [-0.4, -0.2) is 30.3 Å². The molecule has 0 bridgehead atoms. The first-order valence-corrected chi connectivity index (χ1v) is 6.03. The van der Waals surface area contributed by atoms with Crippen molar-refractivity contribution in [1.29, 1.82) is 0 Å². The number of benzene rings is 1. The number of hydrogen-bond donors (Lipinski definition) is 3. The molecule has 0 aromatic heterocycles. The third-order valence-electron chi connectivity index (χ3n) is 2.69. The molecule has 0 fully saturated rings. The minimum Gasteiger partial charge on any atom is -0.390 e. The van der Waals surface area contributed by atoms with Gasteiger partial charge in [-0.3, -0.25) is 0 Å². The van der Waals surface area contributed by atoms with Crippen molar-refractivity contribution in [1.82, 2.24) is 5.32 Å². The topological polar surface area (TPSA) is 58.3 Å². The molecule has 1 aromatic rings. The van der Waals surface area contributed by atoms with E-state index in [9.17, 15) is 5.11 Å². The fraction of sp³-hybridized carbons (Fsp3) is 0.429. The Morgan fingerprint density at radius 2 is 2.06 bits per heavy atom. The van der Waals surface area contributed by atoms with Crippen molar-refractivity contribution in [2.75, 3.05) is 13.1 Å². The Bertz CT molecular complexity index is 313. The van der Waals surface area contributed by atoms with Gasteiger partial charge in [0.25, 0.3) is 0 Å². The van der Waals surface area contributed by atoms with Crippen LogP contribution >= 0.6 is 0 Å². The third-order valence-corrected chi connectivity index (χ3v) is 2.69. The van der Waals surface area contributed by atoms with Crippen LogP contribution in [0.1, 0.15) is 12.0 Å². The van der Waals surface area contributed by atoms with Gasteiger partial charge in [-0.25, -0.2) is 0 Å². The van der Waals surface area contributed by atoms with Gasteiger partial charge < -0.3 is 16.2 Å². The summed E-state index contributed by atoms with van der Waals surface area (Å²) in [5.41, 5.74) is 7.11. The average molecular weight is 234 g/mol. The fourth-order valence-corrected chi connectivity index (χ4v) is 1.63. The first-order chi connectivity index (χ1) is 8.24. The Balaban J connectivity index is 2.27. The van der Waals surface area contributed by atoms with Crippen molar-refractivity contribution in [3.8, 4) is 0 Å². The molecule has 0 radical (unpaired) electrons. The van der Waals surface area contributed by atoms with Gasteiger partial charge in [0.2, 0.25) is 0 Å². The first kappa shape index (κ1) is 13.9. The Labute approximate surface area is 103 Å². The molecule has 3 heteroatoms. The van der Waals surface area contributed by atoms with Crippen molar-refractivity contribution >= 4 is 0 Å². The quantitative estimate of drug-likeness (QED) is 0.466. The zero-order valence-corrected chi connectivity index (χ0v) is 10.2. The van der Waals surface area contributed by atoms with Gasteiger partial charge in [-0.15, -0.1) is 6.58 Å². The van der Waals surface area contributed by atoms with Crippen LogP contribution in [0.5, 0.6) is 0 Å². The number of aliphatic hydroxyl groups is 1. The summed E-state index contributed by atoms with van der Waals surface area (Å²) in [6.07, 6.45) is 2.94. The van der Waals surface area contributed by atoms with E-state index >= 15 is 0 Å². The molecule has 0 amide bonds. The highest BCUT2D eigenvalue weighted by Gasteiger charge is 2.14. The molecule has 2 atom stereocenters. The number of hydrogen-bond acceptors (Lipinski definition) is 3. The van der Waals surface area contributed by atoms with Crippen LogP contribution in [-0.2, 0) is 6.42 Å². The van der Waals surface area contributed by atoms with E-state index in [1.165, 1.54) is 0 Å². The van der Waals surface area contributed by atoms with E-state index in [-0.39, 0.29) is 6.04 Å². The molecule has 17 heavy (non-hydrogen) atoms. The predicted molar refractivity (Wildman–Crippen MR) is 71.8 cm³/mol. The van der Waals surface area contributed by atoms with Gasteiger partial charge in [-0.1, -0.05) is 36.4 Å². The Morgan fingerprint density at radius 3 is 2.71 bits per heavy atom. The normalized spacial score (nSPS) is 14.2. The van der Waals surface area contributed by atoms with Gasteiger partial charge in [0.1, 0.15) is 0 Å². The highest BCUT2D eigenvalue weighted by atomic mass is 16.3. The number of nitrogens with two attached hydrogens (primary N) is 1. The average Bonchev–Trinajstić information content (AvgIpc) is 2.35. The number of rotatable bonds is 8. The molecule has 0 aliphatic heterocycles. The van der Waals surface area contributed by atoms with Crippen LogP contribution < -0.4 is 11.1 Å². The zero-order valence-electron chi connectivity index (χ0n) is 10.2. The van der Waals surface area contributed by atoms with Gasteiger partial charge >= 0.3 is 0 Å². The van der Waals surface area contributed by atoms with Crippen LogP contribution in [0.15, 0.2) is 43.0 Å². The Morgan fingerprint density at radius 1 is 1.35 bits per heavy atom. The molecule has 0 heterocycles. The highest BCUT2D eigenvalue weighted by Crippen LogP contribution is 2.04. The fourth-order valence-electron chi connectivity index (χ4n) is 1.63. The summed E-state index contributed by atoms with van der Waals surface area (Å²) < 4.78 is 0. The smallest absolute Gasteiger partial charge is 0.0818 e. The minimum atomic E-state index is -0.514. The van der Waals surface area contributed by atoms with Crippen molar-refractivity contribution < 1.29 is 5.11 Å². The van der Waals surface area contributed by atoms with Crippen molar-refractivity contribution in [3.05, 3.63) is 48.6 Å². The maximum Gasteiger partial charge on any atom is 0.0818 e. The lowest BCUT2D eigenvalue weighted by Gasteiger charge is -2.19. The van der Waals surface area contributed by atoms with Gasteiger partial charge in [0.15, 0.2) is 0 Å². The number of nitrogens with one attached hydrogen (secondary N) is 1. The van der Waals surface area contributed by atoms with E-state index in [1.54, 1.807) is 0 Å². The molecule has 3 nitrogen and oxygen atoms in total. The summed E-state index contributed by atoms with van der Waals surface area (Å²) in [5.74, 6) is 0. The summed E-state index contributed by atoms with van der Waals surface area (Å²) in [5, 5.41) is 13.0. The molecule has 94 valence electrons. The summed E-state index contributed by atoms with van der Waals surface area (Å²) in [7, 11) is 0. The molecule has 1 rings (SSSR count).